The lowest BCUT2D eigenvalue weighted by Crippen LogP contribution is -2.43. The third-order valence-corrected chi connectivity index (χ3v) is 7.13. The van der Waals surface area contributed by atoms with Crippen LogP contribution >= 0.6 is 0 Å². The molecular formula is C28H29F3N4O3. The van der Waals surface area contributed by atoms with Crippen LogP contribution in [-0.2, 0) is 4.74 Å². The maximum absolute atomic E-state index is 14.5. The molecule has 200 valence electrons. The quantitative estimate of drug-likeness (QED) is 0.435. The SMILES string of the molecule is COC(=O)N(C)C1CCC(c2ccncc2NC(=O)c2ccc(F)c(-c3c(F)cc(C)cc3F)n2)CC1C. The molecule has 4 rings (SSSR count). The van der Waals surface area contributed by atoms with Gasteiger partial charge in [-0.2, -0.15) is 0 Å². The normalized spacial score (nSPS) is 19.1. The summed E-state index contributed by atoms with van der Waals surface area (Å²) < 4.78 is 48.4. The molecule has 10 heteroatoms. The molecule has 1 fully saturated rings. The van der Waals surface area contributed by atoms with E-state index in [0.29, 0.717) is 11.3 Å². The van der Waals surface area contributed by atoms with Crippen molar-refractivity contribution < 1.29 is 27.5 Å². The van der Waals surface area contributed by atoms with E-state index in [1.54, 1.807) is 18.1 Å². The predicted octanol–water partition coefficient (Wildman–Crippen LogP) is 6.09. The van der Waals surface area contributed by atoms with Gasteiger partial charge in [-0.1, -0.05) is 6.92 Å². The summed E-state index contributed by atoms with van der Waals surface area (Å²) in [5.41, 5.74) is 0.260. The fourth-order valence-electron chi connectivity index (χ4n) is 5.24. The van der Waals surface area contributed by atoms with Crippen LogP contribution in [0.2, 0.25) is 0 Å². The van der Waals surface area contributed by atoms with Crippen molar-refractivity contribution in [2.24, 2.45) is 5.92 Å². The lowest BCUT2D eigenvalue weighted by Gasteiger charge is -2.39. The van der Waals surface area contributed by atoms with Crippen LogP contribution in [0.15, 0.2) is 42.7 Å². The van der Waals surface area contributed by atoms with E-state index >= 15 is 0 Å². The fraction of sp³-hybridized carbons (Fsp3) is 0.357. The van der Waals surface area contributed by atoms with Gasteiger partial charge in [0.2, 0.25) is 0 Å². The van der Waals surface area contributed by atoms with E-state index in [1.807, 2.05) is 6.07 Å². The van der Waals surface area contributed by atoms with Crippen LogP contribution in [0.25, 0.3) is 11.3 Å². The average molecular weight is 527 g/mol. The van der Waals surface area contributed by atoms with Gasteiger partial charge in [-0.3, -0.25) is 9.78 Å². The number of ether oxygens (including phenoxy) is 1. The van der Waals surface area contributed by atoms with Crippen molar-refractivity contribution in [3.63, 3.8) is 0 Å². The summed E-state index contributed by atoms with van der Waals surface area (Å²) in [6.45, 7) is 3.59. The average Bonchev–Trinajstić information content (AvgIpc) is 2.88. The molecule has 1 aromatic carbocycles. The molecule has 1 N–H and O–H groups in total. The Morgan fingerprint density at radius 3 is 2.45 bits per heavy atom. The number of pyridine rings is 2. The predicted molar refractivity (Wildman–Crippen MR) is 136 cm³/mol. The number of halogens is 3. The van der Waals surface area contributed by atoms with Crippen molar-refractivity contribution in [2.45, 2.75) is 45.1 Å². The Morgan fingerprint density at radius 1 is 1.08 bits per heavy atom. The standard InChI is InChI=1S/C28H29F3N4O3/c1-15-11-20(30)25(21(31)12-15)26-19(29)6-7-22(33-26)27(36)34-23-14-32-10-9-18(23)17-5-8-24(16(2)13-17)35(3)28(37)38-4/h6-7,9-12,14,16-17,24H,5,8,13H2,1-4H3,(H,34,36). The number of hydrogen-bond donors (Lipinski definition) is 1. The molecule has 0 bridgehead atoms. The Hall–Kier alpha value is -3.95. The molecule has 3 aromatic rings. The van der Waals surface area contributed by atoms with Crippen LogP contribution in [0.4, 0.5) is 23.7 Å². The highest BCUT2D eigenvalue weighted by Crippen LogP contribution is 2.40. The third-order valence-electron chi connectivity index (χ3n) is 7.13. The molecule has 0 radical (unpaired) electrons. The first-order valence-electron chi connectivity index (χ1n) is 12.3. The maximum atomic E-state index is 14.5. The monoisotopic (exact) mass is 526 g/mol. The summed E-state index contributed by atoms with van der Waals surface area (Å²) in [5.74, 6) is -3.28. The first kappa shape index (κ1) is 27.1. The topological polar surface area (TPSA) is 84.4 Å². The van der Waals surface area contributed by atoms with Gasteiger partial charge in [-0.25, -0.2) is 22.9 Å². The van der Waals surface area contributed by atoms with Crippen molar-refractivity contribution in [1.29, 1.82) is 0 Å². The van der Waals surface area contributed by atoms with Crippen LogP contribution in [0.3, 0.4) is 0 Å². The lowest BCUT2D eigenvalue weighted by molar-refractivity contribution is 0.0872. The Morgan fingerprint density at radius 2 is 1.79 bits per heavy atom. The number of benzene rings is 1. The Bertz CT molecular complexity index is 1340. The number of nitrogens with one attached hydrogen (secondary N) is 1. The van der Waals surface area contributed by atoms with E-state index in [-0.39, 0.29) is 29.7 Å². The molecule has 0 saturated heterocycles. The number of aryl methyl sites for hydroxylation is 1. The lowest BCUT2D eigenvalue weighted by atomic mass is 9.75. The molecule has 0 aliphatic heterocycles. The minimum absolute atomic E-state index is 0.0305. The zero-order valence-electron chi connectivity index (χ0n) is 21.6. The van der Waals surface area contributed by atoms with Gasteiger partial charge in [0.15, 0.2) is 0 Å². The molecule has 0 spiro atoms. The zero-order chi connectivity index (χ0) is 27.6. The number of hydrogen-bond acceptors (Lipinski definition) is 5. The number of carbonyl (C=O) groups excluding carboxylic acids is 2. The van der Waals surface area contributed by atoms with E-state index in [0.717, 1.165) is 49.1 Å². The highest BCUT2D eigenvalue weighted by Gasteiger charge is 2.34. The summed E-state index contributed by atoms with van der Waals surface area (Å²) >= 11 is 0. The maximum Gasteiger partial charge on any atom is 0.409 e. The van der Waals surface area contributed by atoms with Gasteiger partial charge in [0.25, 0.3) is 5.91 Å². The highest BCUT2D eigenvalue weighted by atomic mass is 19.1. The van der Waals surface area contributed by atoms with Crippen LogP contribution in [0.5, 0.6) is 0 Å². The molecule has 38 heavy (non-hydrogen) atoms. The van der Waals surface area contributed by atoms with Gasteiger partial charge in [0, 0.05) is 19.3 Å². The number of carbonyl (C=O) groups is 2. The Kier molecular flexibility index (Phi) is 7.99. The number of nitrogens with zero attached hydrogens (tertiary/aromatic N) is 3. The van der Waals surface area contributed by atoms with Gasteiger partial charge in [-0.15, -0.1) is 0 Å². The molecule has 1 aliphatic rings. The van der Waals surface area contributed by atoms with E-state index in [9.17, 15) is 22.8 Å². The van der Waals surface area contributed by atoms with Crippen molar-refractivity contribution in [3.8, 4) is 11.3 Å². The minimum atomic E-state index is -0.969. The summed E-state index contributed by atoms with van der Waals surface area (Å²) in [7, 11) is 3.08. The molecule has 2 heterocycles. The van der Waals surface area contributed by atoms with Crippen molar-refractivity contribution in [3.05, 3.63) is 77.0 Å². The van der Waals surface area contributed by atoms with Gasteiger partial charge in [-0.05, 0) is 79.5 Å². The zero-order valence-corrected chi connectivity index (χ0v) is 21.6. The number of amides is 2. The van der Waals surface area contributed by atoms with Crippen molar-refractivity contribution >= 4 is 17.7 Å². The van der Waals surface area contributed by atoms with E-state index in [1.165, 1.54) is 20.2 Å². The van der Waals surface area contributed by atoms with Crippen LogP contribution < -0.4 is 5.32 Å². The molecule has 2 amide bonds. The molecule has 3 atom stereocenters. The second kappa shape index (κ2) is 11.2. The number of aromatic nitrogens is 2. The van der Waals surface area contributed by atoms with Crippen LogP contribution in [0.1, 0.15) is 53.7 Å². The van der Waals surface area contributed by atoms with E-state index in [2.05, 4.69) is 22.2 Å². The second-order valence-corrected chi connectivity index (χ2v) is 9.68. The smallest absolute Gasteiger partial charge is 0.409 e. The van der Waals surface area contributed by atoms with Gasteiger partial charge in [0.1, 0.15) is 28.8 Å². The first-order chi connectivity index (χ1) is 18.1. The Labute approximate surface area is 219 Å². The van der Waals surface area contributed by atoms with Gasteiger partial charge < -0.3 is 15.0 Å². The summed E-state index contributed by atoms with van der Waals surface area (Å²) in [5, 5.41) is 2.78. The van der Waals surface area contributed by atoms with E-state index < -0.39 is 34.6 Å². The molecule has 1 aliphatic carbocycles. The number of anilines is 1. The molecule has 7 nitrogen and oxygen atoms in total. The first-order valence-corrected chi connectivity index (χ1v) is 12.3. The third kappa shape index (κ3) is 5.49. The van der Waals surface area contributed by atoms with Crippen LogP contribution in [0, 0.1) is 30.3 Å². The van der Waals surface area contributed by atoms with E-state index in [4.69, 9.17) is 4.74 Å². The Balaban J connectivity index is 1.56. The largest absolute Gasteiger partial charge is 0.453 e. The molecule has 2 aromatic heterocycles. The summed E-state index contributed by atoms with van der Waals surface area (Å²) in [6, 6.07) is 6.13. The fourth-order valence-corrected chi connectivity index (χ4v) is 5.24. The summed E-state index contributed by atoms with van der Waals surface area (Å²) in [4.78, 5) is 34.8. The van der Waals surface area contributed by atoms with Crippen molar-refractivity contribution in [2.75, 3.05) is 19.5 Å². The van der Waals surface area contributed by atoms with Gasteiger partial charge in [0.05, 0.1) is 24.6 Å². The second-order valence-electron chi connectivity index (χ2n) is 9.68. The van der Waals surface area contributed by atoms with Crippen molar-refractivity contribution in [1.82, 2.24) is 14.9 Å². The summed E-state index contributed by atoms with van der Waals surface area (Å²) in [6.07, 6.45) is 5.07. The number of methoxy groups -OCH3 is 1. The molecule has 3 unspecified atom stereocenters. The highest BCUT2D eigenvalue weighted by molar-refractivity contribution is 6.03. The number of rotatable bonds is 5. The van der Waals surface area contributed by atoms with Gasteiger partial charge >= 0.3 is 6.09 Å². The molecule has 1 saturated carbocycles. The minimum Gasteiger partial charge on any atom is -0.453 e. The van der Waals surface area contributed by atoms with Crippen LogP contribution in [-0.4, -0.2) is 47.1 Å². The molecular weight excluding hydrogens is 497 g/mol.